The molecule has 0 unspecified atom stereocenters. The largest absolute Gasteiger partial charge is 0.490 e. The maximum absolute atomic E-state index is 12.1. The quantitative estimate of drug-likeness (QED) is 0.924. The lowest BCUT2D eigenvalue weighted by atomic mass is 10.1. The van der Waals surface area contributed by atoms with E-state index in [0.29, 0.717) is 15.6 Å². The van der Waals surface area contributed by atoms with E-state index in [1.54, 1.807) is 25.1 Å². The molecule has 0 radical (unpaired) electrons. The highest BCUT2D eigenvalue weighted by Gasteiger charge is 2.17. The van der Waals surface area contributed by atoms with Crippen LogP contribution in [0.1, 0.15) is 29.1 Å². The summed E-state index contributed by atoms with van der Waals surface area (Å²) in [6.45, 7) is 1.76. The first-order valence-electron chi connectivity index (χ1n) is 6.35. The Balaban J connectivity index is 2.17. The van der Waals surface area contributed by atoms with Crippen LogP contribution in [-0.4, -0.2) is 13.0 Å². The molecule has 5 nitrogen and oxygen atoms in total. The molecule has 0 saturated carbocycles. The molecule has 0 aliphatic heterocycles. The van der Waals surface area contributed by atoms with Crippen LogP contribution in [0.25, 0.3) is 0 Å². The van der Waals surface area contributed by atoms with E-state index < -0.39 is 11.3 Å². The van der Waals surface area contributed by atoms with Crippen molar-refractivity contribution in [2.45, 2.75) is 13.0 Å². The number of halogens is 2. The highest BCUT2D eigenvalue weighted by atomic mass is 35.5. The van der Waals surface area contributed by atoms with Gasteiger partial charge in [0.2, 0.25) is 11.2 Å². The summed E-state index contributed by atoms with van der Waals surface area (Å²) in [6, 6.07) is 5.68. The molecular formula is C15H13Cl2NO4. The Labute approximate surface area is 136 Å². The summed E-state index contributed by atoms with van der Waals surface area (Å²) in [7, 11) is 1.34. The smallest absolute Gasteiger partial charge is 0.287 e. The number of carbonyl (C=O) groups excluding carboxylic acids is 1. The Morgan fingerprint density at radius 3 is 2.64 bits per heavy atom. The SMILES string of the molecule is COc1coc(C(=O)N[C@H](C)c2ccc(Cl)cc2Cl)cc1=O. The van der Waals surface area contributed by atoms with E-state index in [-0.39, 0.29) is 17.6 Å². The van der Waals surface area contributed by atoms with Crippen LogP contribution >= 0.6 is 23.2 Å². The van der Waals surface area contributed by atoms with Gasteiger partial charge in [0, 0.05) is 16.1 Å². The summed E-state index contributed by atoms with van der Waals surface area (Å²) >= 11 is 11.9. The Hall–Kier alpha value is -1.98. The number of hydrogen-bond acceptors (Lipinski definition) is 4. The number of amides is 1. The number of carbonyl (C=O) groups is 1. The molecule has 1 N–H and O–H groups in total. The van der Waals surface area contributed by atoms with Gasteiger partial charge in [-0.2, -0.15) is 0 Å². The molecule has 0 fully saturated rings. The molecule has 1 aromatic heterocycles. The van der Waals surface area contributed by atoms with E-state index in [1.807, 2.05) is 0 Å². The van der Waals surface area contributed by atoms with Crippen molar-refractivity contribution >= 4 is 29.1 Å². The molecule has 0 spiro atoms. The molecule has 22 heavy (non-hydrogen) atoms. The van der Waals surface area contributed by atoms with Crippen LogP contribution in [-0.2, 0) is 0 Å². The molecule has 1 aromatic carbocycles. The van der Waals surface area contributed by atoms with E-state index in [0.717, 1.165) is 12.3 Å². The first-order chi connectivity index (χ1) is 10.4. The molecule has 1 amide bonds. The van der Waals surface area contributed by atoms with Gasteiger partial charge in [-0.05, 0) is 24.6 Å². The fraction of sp³-hybridized carbons (Fsp3) is 0.200. The Morgan fingerprint density at radius 1 is 1.32 bits per heavy atom. The van der Waals surface area contributed by atoms with Crippen molar-refractivity contribution in [2.75, 3.05) is 7.11 Å². The van der Waals surface area contributed by atoms with Crippen LogP contribution in [0, 0.1) is 0 Å². The van der Waals surface area contributed by atoms with Gasteiger partial charge >= 0.3 is 0 Å². The fourth-order valence-electron chi connectivity index (χ4n) is 1.87. The number of nitrogens with one attached hydrogen (secondary N) is 1. The third-order valence-electron chi connectivity index (χ3n) is 3.02. The molecular weight excluding hydrogens is 329 g/mol. The number of ether oxygens (including phenoxy) is 1. The van der Waals surface area contributed by atoms with E-state index in [1.165, 1.54) is 7.11 Å². The van der Waals surface area contributed by atoms with Gasteiger partial charge in [-0.15, -0.1) is 0 Å². The van der Waals surface area contributed by atoms with Crippen LogP contribution in [0.5, 0.6) is 5.75 Å². The van der Waals surface area contributed by atoms with Gasteiger partial charge in [0.15, 0.2) is 5.76 Å². The molecule has 0 bridgehead atoms. The van der Waals surface area contributed by atoms with E-state index in [9.17, 15) is 9.59 Å². The topological polar surface area (TPSA) is 68.5 Å². The predicted molar refractivity (Wildman–Crippen MR) is 83.9 cm³/mol. The van der Waals surface area contributed by atoms with Crippen molar-refractivity contribution in [2.24, 2.45) is 0 Å². The standard InChI is InChI=1S/C15H13Cl2NO4/c1-8(10-4-3-9(16)5-11(10)17)18-15(20)13-6-12(19)14(21-2)7-22-13/h3-8H,1-2H3,(H,18,20)/t8-/m1/s1. The average molecular weight is 342 g/mol. The third-order valence-corrected chi connectivity index (χ3v) is 3.58. The Morgan fingerprint density at radius 2 is 2.05 bits per heavy atom. The lowest BCUT2D eigenvalue weighted by Crippen LogP contribution is -2.27. The van der Waals surface area contributed by atoms with Gasteiger partial charge in [-0.25, -0.2) is 0 Å². The highest BCUT2D eigenvalue weighted by molar-refractivity contribution is 6.35. The number of benzene rings is 1. The number of rotatable bonds is 4. The molecule has 2 aromatic rings. The fourth-order valence-corrected chi connectivity index (χ4v) is 2.44. The van der Waals surface area contributed by atoms with Gasteiger partial charge in [0.05, 0.1) is 13.2 Å². The monoisotopic (exact) mass is 341 g/mol. The molecule has 7 heteroatoms. The summed E-state index contributed by atoms with van der Waals surface area (Å²) < 4.78 is 9.88. The van der Waals surface area contributed by atoms with Crippen LogP contribution in [0.15, 0.2) is 39.7 Å². The van der Waals surface area contributed by atoms with Crippen molar-refractivity contribution in [3.63, 3.8) is 0 Å². The lowest BCUT2D eigenvalue weighted by Gasteiger charge is -2.15. The minimum atomic E-state index is -0.529. The predicted octanol–water partition coefficient (Wildman–Crippen LogP) is 3.45. The number of methoxy groups -OCH3 is 1. The van der Waals surface area contributed by atoms with Gasteiger partial charge in [0.25, 0.3) is 5.91 Å². The van der Waals surface area contributed by atoms with Gasteiger partial charge < -0.3 is 14.5 Å². The maximum Gasteiger partial charge on any atom is 0.287 e. The molecule has 0 aliphatic carbocycles. The maximum atomic E-state index is 12.1. The van der Waals surface area contributed by atoms with E-state index >= 15 is 0 Å². The molecule has 0 aliphatic rings. The first-order valence-corrected chi connectivity index (χ1v) is 7.10. The minimum Gasteiger partial charge on any atom is -0.490 e. The molecule has 1 atom stereocenters. The highest BCUT2D eigenvalue weighted by Crippen LogP contribution is 2.26. The molecule has 0 saturated heterocycles. The second kappa shape index (κ2) is 6.85. The first kappa shape index (κ1) is 16.4. The van der Waals surface area contributed by atoms with Gasteiger partial charge in [-0.3, -0.25) is 9.59 Å². The van der Waals surface area contributed by atoms with Crippen LogP contribution in [0.2, 0.25) is 10.0 Å². The summed E-state index contributed by atoms with van der Waals surface area (Å²) in [5, 5.41) is 3.65. The normalized spacial score (nSPS) is 11.8. The summed E-state index contributed by atoms with van der Waals surface area (Å²) in [5.74, 6) is -0.605. The minimum absolute atomic E-state index is 0.0327. The zero-order valence-corrected chi connectivity index (χ0v) is 13.4. The van der Waals surface area contributed by atoms with Crippen LogP contribution in [0.4, 0.5) is 0 Å². The van der Waals surface area contributed by atoms with E-state index in [4.69, 9.17) is 32.4 Å². The van der Waals surface area contributed by atoms with Crippen molar-refractivity contribution in [3.05, 3.63) is 62.1 Å². The molecule has 1 heterocycles. The van der Waals surface area contributed by atoms with Crippen molar-refractivity contribution in [3.8, 4) is 5.75 Å². The number of hydrogen-bond donors (Lipinski definition) is 1. The van der Waals surface area contributed by atoms with Crippen LogP contribution < -0.4 is 15.5 Å². The summed E-state index contributed by atoms with van der Waals surface area (Å²) in [6.07, 6.45) is 1.09. The van der Waals surface area contributed by atoms with Gasteiger partial charge in [0.1, 0.15) is 6.26 Å². The zero-order chi connectivity index (χ0) is 16.3. The third kappa shape index (κ3) is 3.61. The van der Waals surface area contributed by atoms with E-state index in [2.05, 4.69) is 5.32 Å². The average Bonchev–Trinajstić information content (AvgIpc) is 2.46. The lowest BCUT2D eigenvalue weighted by molar-refractivity contribution is 0.0908. The van der Waals surface area contributed by atoms with Crippen molar-refractivity contribution in [1.82, 2.24) is 5.32 Å². The van der Waals surface area contributed by atoms with Gasteiger partial charge in [-0.1, -0.05) is 29.3 Å². The summed E-state index contributed by atoms with van der Waals surface area (Å²) in [4.78, 5) is 23.7. The van der Waals surface area contributed by atoms with Crippen molar-refractivity contribution < 1.29 is 13.9 Å². The van der Waals surface area contributed by atoms with Crippen LogP contribution in [0.3, 0.4) is 0 Å². The second-order valence-electron chi connectivity index (χ2n) is 4.54. The summed E-state index contributed by atoms with van der Waals surface area (Å²) in [5.41, 5.74) is 0.270. The molecule has 2 rings (SSSR count). The zero-order valence-electron chi connectivity index (χ0n) is 11.9. The van der Waals surface area contributed by atoms with Crippen molar-refractivity contribution in [1.29, 1.82) is 0 Å². The Bertz CT molecular complexity index is 757. The Kier molecular flexibility index (Phi) is 5.11. The second-order valence-corrected chi connectivity index (χ2v) is 5.38. The molecule has 116 valence electrons.